The van der Waals surface area contributed by atoms with Gasteiger partial charge in [0.1, 0.15) is 6.04 Å². The smallest absolute Gasteiger partial charge is 1.00 e. The van der Waals surface area contributed by atoms with E-state index in [1.807, 2.05) is 0 Å². The maximum absolute atomic E-state index is 10.5. The molecule has 0 radical (unpaired) electrons. The van der Waals surface area contributed by atoms with Crippen LogP contribution in [-0.2, 0) is 4.79 Å². The van der Waals surface area contributed by atoms with Crippen molar-refractivity contribution < 1.29 is 40.9 Å². The molecule has 0 spiro atoms. The van der Waals surface area contributed by atoms with Crippen LogP contribution in [0.4, 0.5) is 0 Å². The van der Waals surface area contributed by atoms with Crippen molar-refractivity contribution in [1.29, 1.82) is 0 Å². The van der Waals surface area contributed by atoms with E-state index in [2.05, 4.69) is 6.92 Å². The van der Waals surface area contributed by atoms with Crippen LogP contribution in [0.2, 0.25) is 0 Å². The quantitative estimate of drug-likeness (QED) is 0.394. The predicted molar refractivity (Wildman–Crippen MR) is 77.8 cm³/mol. The Hall–Kier alpha value is 0.430. The normalized spacial score (nSPS) is 11.9. The summed E-state index contributed by atoms with van der Waals surface area (Å²) in [5.41, 5.74) is 5.44. The Bertz CT molecular complexity index is 206. The SMILES string of the molecule is CCCCCCCCCCCCC[C@H](N)C(=O)O.[H-].[Na+]. The van der Waals surface area contributed by atoms with E-state index in [1.54, 1.807) is 0 Å². The summed E-state index contributed by atoms with van der Waals surface area (Å²) < 4.78 is 0. The van der Waals surface area contributed by atoms with Crippen LogP contribution in [0.25, 0.3) is 0 Å². The Balaban J connectivity index is -0.00000144. The van der Waals surface area contributed by atoms with Crippen molar-refractivity contribution in [2.24, 2.45) is 5.73 Å². The van der Waals surface area contributed by atoms with Crippen LogP contribution in [0.1, 0.15) is 85.4 Å². The average molecular weight is 281 g/mol. The number of unbranched alkanes of at least 4 members (excludes halogenated alkanes) is 10. The Morgan fingerprint density at radius 2 is 1.32 bits per heavy atom. The minimum absolute atomic E-state index is 0. The van der Waals surface area contributed by atoms with Gasteiger partial charge in [-0.15, -0.1) is 0 Å². The molecule has 3 nitrogen and oxygen atoms in total. The third-order valence-electron chi connectivity index (χ3n) is 3.44. The van der Waals surface area contributed by atoms with Gasteiger partial charge in [-0.25, -0.2) is 0 Å². The van der Waals surface area contributed by atoms with Gasteiger partial charge >= 0.3 is 35.5 Å². The molecule has 0 bridgehead atoms. The summed E-state index contributed by atoms with van der Waals surface area (Å²) in [6.45, 7) is 2.25. The maximum Gasteiger partial charge on any atom is 1.00 e. The monoisotopic (exact) mass is 281 g/mol. The van der Waals surface area contributed by atoms with Gasteiger partial charge < -0.3 is 12.3 Å². The van der Waals surface area contributed by atoms with Crippen molar-refractivity contribution in [3.63, 3.8) is 0 Å². The standard InChI is InChI=1S/C15H31NO2.Na.H/c1-2-3-4-5-6-7-8-9-10-11-12-13-14(16)15(17)18;;/h14H,2-13,16H2,1H3,(H,17,18);;/q;+1;-1/t14-;;/m0../s1. The second-order valence-corrected chi connectivity index (χ2v) is 5.27. The van der Waals surface area contributed by atoms with Gasteiger partial charge in [0, 0.05) is 0 Å². The van der Waals surface area contributed by atoms with Crippen LogP contribution >= 0.6 is 0 Å². The molecule has 4 heteroatoms. The van der Waals surface area contributed by atoms with E-state index in [0.29, 0.717) is 6.42 Å². The molecule has 0 fully saturated rings. The largest absolute Gasteiger partial charge is 1.00 e. The van der Waals surface area contributed by atoms with Gasteiger partial charge in [0.05, 0.1) is 0 Å². The summed E-state index contributed by atoms with van der Waals surface area (Å²) in [4.78, 5) is 10.5. The fourth-order valence-electron chi connectivity index (χ4n) is 2.15. The number of carbonyl (C=O) groups is 1. The topological polar surface area (TPSA) is 63.3 Å². The van der Waals surface area contributed by atoms with Crippen molar-refractivity contribution in [3.8, 4) is 0 Å². The van der Waals surface area contributed by atoms with E-state index >= 15 is 0 Å². The Kier molecular flexibility index (Phi) is 18.8. The molecule has 0 saturated carbocycles. The number of nitrogens with two attached hydrogens (primary N) is 1. The van der Waals surface area contributed by atoms with Crippen LogP contribution in [0.5, 0.6) is 0 Å². The molecule has 1 atom stereocenters. The summed E-state index contributed by atoms with van der Waals surface area (Å²) in [6, 6.07) is -0.663. The zero-order chi connectivity index (χ0) is 13.6. The number of hydrogen-bond acceptors (Lipinski definition) is 2. The summed E-state index contributed by atoms with van der Waals surface area (Å²) in [7, 11) is 0. The summed E-state index contributed by atoms with van der Waals surface area (Å²) >= 11 is 0. The zero-order valence-electron chi connectivity index (χ0n) is 14.0. The molecule has 0 aromatic rings. The minimum atomic E-state index is -0.873. The van der Waals surface area contributed by atoms with Crippen LogP contribution in [0, 0.1) is 0 Å². The van der Waals surface area contributed by atoms with Crippen molar-refractivity contribution in [3.05, 3.63) is 0 Å². The van der Waals surface area contributed by atoms with Gasteiger partial charge in [-0.3, -0.25) is 4.79 Å². The van der Waals surface area contributed by atoms with E-state index in [1.165, 1.54) is 57.8 Å². The first-order chi connectivity index (χ1) is 8.68. The predicted octanol–water partition coefficient (Wildman–Crippen LogP) is 1.22. The van der Waals surface area contributed by atoms with Crippen LogP contribution < -0.4 is 35.3 Å². The molecule has 0 rings (SSSR count). The van der Waals surface area contributed by atoms with Gasteiger partial charge in [0.25, 0.3) is 0 Å². The molecule has 0 aliphatic carbocycles. The molecule has 110 valence electrons. The number of carboxylic acid groups (broad SMARTS) is 1. The summed E-state index contributed by atoms with van der Waals surface area (Å²) in [5.74, 6) is -0.873. The van der Waals surface area contributed by atoms with Gasteiger partial charge in [0.2, 0.25) is 0 Å². The Labute approximate surface area is 142 Å². The Morgan fingerprint density at radius 3 is 1.68 bits per heavy atom. The van der Waals surface area contributed by atoms with E-state index < -0.39 is 12.0 Å². The molecule has 0 aliphatic heterocycles. The van der Waals surface area contributed by atoms with Gasteiger partial charge in [-0.05, 0) is 6.42 Å². The maximum atomic E-state index is 10.5. The summed E-state index contributed by atoms with van der Waals surface area (Å²) in [6.07, 6.45) is 14.7. The fraction of sp³-hybridized carbons (Fsp3) is 0.933. The number of carboxylic acids is 1. The number of aliphatic carboxylic acids is 1. The number of rotatable bonds is 13. The van der Waals surface area contributed by atoms with Gasteiger partial charge in [-0.2, -0.15) is 0 Å². The molecule has 0 aromatic heterocycles. The average Bonchev–Trinajstić information content (AvgIpc) is 2.35. The third-order valence-corrected chi connectivity index (χ3v) is 3.44. The molecule has 0 heterocycles. The van der Waals surface area contributed by atoms with E-state index in [4.69, 9.17) is 10.8 Å². The minimum Gasteiger partial charge on any atom is -1.00 e. The molecular formula is C15H32NNaO2. The first-order valence-corrected chi connectivity index (χ1v) is 7.67. The molecule has 0 saturated heterocycles. The van der Waals surface area contributed by atoms with E-state index in [9.17, 15) is 4.79 Å². The van der Waals surface area contributed by atoms with Crippen molar-refractivity contribution in [1.82, 2.24) is 0 Å². The molecule has 0 amide bonds. The summed E-state index contributed by atoms with van der Waals surface area (Å²) in [5, 5.41) is 8.62. The number of hydrogen-bond donors (Lipinski definition) is 2. The van der Waals surface area contributed by atoms with Crippen LogP contribution in [0.3, 0.4) is 0 Å². The van der Waals surface area contributed by atoms with Crippen molar-refractivity contribution in [2.45, 2.75) is 90.0 Å². The van der Waals surface area contributed by atoms with Crippen LogP contribution in [-0.4, -0.2) is 17.1 Å². The molecule has 19 heavy (non-hydrogen) atoms. The van der Waals surface area contributed by atoms with Gasteiger partial charge in [-0.1, -0.05) is 77.6 Å². The molecule has 0 aliphatic rings. The second-order valence-electron chi connectivity index (χ2n) is 5.27. The molecule has 0 unspecified atom stereocenters. The van der Waals surface area contributed by atoms with E-state index in [-0.39, 0.29) is 31.0 Å². The third kappa shape index (κ3) is 16.4. The van der Waals surface area contributed by atoms with Crippen LogP contribution in [0.15, 0.2) is 0 Å². The molecular weight excluding hydrogens is 249 g/mol. The first-order valence-electron chi connectivity index (χ1n) is 7.67. The van der Waals surface area contributed by atoms with Crippen molar-refractivity contribution >= 4 is 5.97 Å². The zero-order valence-corrected chi connectivity index (χ0v) is 15.0. The van der Waals surface area contributed by atoms with E-state index in [0.717, 1.165) is 12.8 Å². The Morgan fingerprint density at radius 1 is 0.947 bits per heavy atom. The molecule has 0 aromatic carbocycles. The van der Waals surface area contributed by atoms with Crippen molar-refractivity contribution in [2.75, 3.05) is 0 Å². The second kappa shape index (κ2) is 16.5. The molecule has 3 N–H and O–H groups in total. The van der Waals surface area contributed by atoms with Gasteiger partial charge in [0.15, 0.2) is 0 Å². The first kappa shape index (κ1) is 21.7. The fourth-order valence-corrected chi connectivity index (χ4v) is 2.15.